The summed E-state index contributed by atoms with van der Waals surface area (Å²) in [7, 11) is -0.977. The summed E-state index contributed by atoms with van der Waals surface area (Å²) in [4.78, 5) is 0.867. The molecular formula is C10H11IOS. The Morgan fingerprint density at radius 1 is 1.38 bits per heavy atom. The Morgan fingerprint density at radius 3 is 2.54 bits per heavy atom. The van der Waals surface area contributed by atoms with Crippen LogP contribution in [0.1, 0.15) is 5.56 Å². The summed E-state index contributed by atoms with van der Waals surface area (Å²) in [6.45, 7) is 2.02. The van der Waals surface area contributed by atoms with Crippen molar-refractivity contribution in [1.29, 1.82) is 0 Å². The number of benzene rings is 1. The Balaban J connectivity index is 2.78. The third-order valence-electron chi connectivity index (χ3n) is 1.56. The largest absolute Gasteiger partial charge is 0.250 e. The minimum absolute atomic E-state index is 0.867. The van der Waals surface area contributed by atoms with E-state index in [1.54, 1.807) is 5.41 Å². The van der Waals surface area contributed by atoms with Gasteiger partial charge in [0.2, 0.25) is 0 Å². The van der Waals surface area contributed by atoms with Gasteiger partial charge in [-0.05, 0) is 19.1 Å². The van der Waals surface area contributed by atoms with Crippen LogP contribution in [-0.4, -0.2) is 8.64 Å². The molecule has 0 fully saturated rings. The fraction of sp³-hybridized carbons (Fsp3) is 0.200. The summed E-state index contributed by atoms with van der Waals surface area (Å²) >= 11 is 2.22. The van der Waals surface area contributed by atoms with Crippen LogP contribution in [0.15, 0.2) is 40.6 Å². The predicted molar refractivity (Wildman–Crippen MR) is 65.6 cm³/mol. The van der Waals surface area contributed by atoms with E-state index in [-0.39, 0.29) is 0 Å². The zero-order valence-electron chi connectivity index (χ0n) is 7.37. The van der Waals surface area contributed by atoms with Crippen LogP contribution in [0.25, 0.3) is 0 Å². The monoisotopic (exact) mass is 306 g/mol. The van der Waals surface area contributed by atoms with Gasteiger partial charge in [0.15, 0.2) is 0 Å². The summed E-state index contributed by atoms with van der Waals surface area (Å²) in [6.07, 6.45) is 1.91. The Labute approximate surface area is 94.8 Å². The Bertz CT molecular complexity index is 316. The van der Waals surface area contributed by atoms with Crippen LogP contribution in [0.5, 0.6) is 0 Å². The second kappa shape index (κ2) is 5.54. The fourth-order valence-corrected chi connectivity index (χ4v) is 2.31. The molecule has 1 unspecified atom stereocenters. The van der Waals surface area contributed by atoms with E-state index in [4.69, 9.17) is 0 Å². The average molecular weight is 306 g/mol. The van der Waals surface area contributed by atoms with Gasteiger partial charge in [-0.1, -0.05) is 46.4 Å². The number of allylic oxidation sites excluding steroid dienone is 1. The smallest absolute Gasteiger partial charge is 0.0772 e. The molecule has 0 amide bonds. The van der Waals surface area contributed by atoms with Crippen molar-refractivity contribution < 1.29 is 4.21 Å². The van der Waals surface area contributed by atoms with E-state index in [1.165, 1.54) is 5.56 Å². The zero-order valence-corrected chi connectivity index (χ0v) is 10.3. The molecule has 1 aromatic carbocycles. The normalized spacial score (nSPS) is 13.4. The van der Waals surface area contributed by atoms with E-state index in [9.17, 15) is 4.21 Å². The Kier molecular flexibility index (Phi) is 4.66. The molecule has 0 bridgehead atoms. The van der Waals surface area contributed by atoms with Crippen molar-refractivity contribution >= 4 is 33.4 Å². The Morgan fingerprint density at radius 2 is 2.00 bits per heavy atom. The van der Waals surface area contributed by atoms with Crippen molar-refractivity contribution in [2.75, 3.05) is 4.43 Å². The molecule has 1 aromatic rings. The summed E-state index contributed by atoms with van der Waals surface area (Å²) in [6, 6.07) is 7.77. The van der Waals surface area contributed by atoms with Gasteiger partial charge in [0.05, 0.1) is 10.8 Å². The van der Waals surface area contributed by atoms with Gasteiger partial charge in [-0.15, -0.1) is 0 Å². The number of hydrogen-bond acceptors (Lipinski definition) is 1. The molecule has 0 saturated heterocycles. The molecule has 70 valence electrons. The van der Waals surface area contributed by atoms with Gasteiger partial charge in [0.25, 0.3) is 0 Å². The van der Waals surface area contributed by atoms with E-state index in [1.807, 2.05) is 37.3 Å². The molecule has 0 aliphatic carbocycles. The molecule has 0 heterocycles. The molecule has 0 aromatic heterocycles. The second-order valence-corrected chi connectivity index (χ2v) is 4.86. The van der Waals surface area contributed by atoms with Gasteiger partial charge in [-0.25, -0.2) is 4.21 Å². The quantitative estimate of drug-likeness (QED) is 0.620. The van der Waals surface area contributed by atoms with Crippen molar-refractivity contribution in [2.24, 2.45) is 0 Å². The summed E-state index contributed by atoms with van der Waals surface area (Å²) < 4.78 is 12.4. The first-order chi connectivity index (χ1) is 6.24. The highest BCUT2D eigenvalue weighted by Crippen LogP contribution is 2.09. The lowest BCUT2D eigenvalue weighted by Crippen LogP contribution is -1.86. The second-order valence-electron chi connectivity index (χ2n) is 2.64. The number of aryl methyl sites for hydroxylation is 1. The van der Waals surface area contributed by atoms with Crippen LogP contribution in [0.2, 0.25) is 0 Å². The van der Waals surface area contributed by atoms with E-state index < -0.39 is 10.8 Å². The van der Waals surface area contributed by atoms with E-state index >= 15 is 0 Å². The van der Waals surface area contributed by atoms with Gasteiger partial charge in [0, 0.05) is 14.7 Å². The molecule has 0 radical (unpaired) electrons. The third kappa shape index (κ3) is 3.60. The topological polar surface area (TPSA) is 17.1 Å². The molecule has 3 heteroatoms. The number of rotatable bonds is 3. The van der Waals surface area contributed by atoms with Gasteiger partial charge in [-0.2, -0.15) is 0 Å². The molecule has 1 atom stereocenters. The average Bonchev–Trinajstić information content (AvgIpc) is 2.15. The molecular weight excluding hydrogens is 295 g/mol. The Hall–Kier alpha value is -0.160. The lowest BCUT2D eigenvalue weighted by Gasteiger charge is -1.96. The maximum atomic E-state index is 11.5. The standard InChI is InChI=1S/C10H11IOS/c1-9-3-5-10(6-4-9)13(12)8-2-7-11/h2-6,8H,7H2,1H3/b8-2+. The van der Waals surface area contributed by atoms with Crippen molar-refractivity contribution in [3.8, 4) is 0 Å². The third-order valence-corrected chi connectivity index (χ3v) is 3.25. The molecule has 0 spiro atoms. The lowest BCUT2D eigenvalue weighted by molar-refractivity contribution is 0.688. The van der Waals surface area contributed by atoms with Crippen molar-refractivity contribution in [2.45, 2.75) is 11.8 Å². The van der Waals surface area contributed by atoms with Gasteiger partial charge in [-0.3, -0.25) is 0 Å². The van der Waals surface area contributed by atoms with E-state index in [0.717, 1.165) is 9.32 Å². The highest BCUT2D eigenvalue weighted by atomic mass is 127. The first kappa shape index (κ1) is 10.9. The molecule has 0 aliphatic heterocycles. The molecule has 0 N–H and O–H groups in total. The summed E-state index contributed by atoms with van der Waals surface area (Å²) in [5.74, 6) is 0. The van der Waals surface area contributed by atoms with Crippen LogP contribution >= 0.6 is 22.6 Å². The maximum absolute atomic E-state index is 11.5. The van der Waals surface area contributed by atoms with Crippen LogP contribution in [0.3, 0.4) is 0 Å². The summed E-state index contributed by atoms with van der Waals surface area (Å²) in [5.41, 5.74) is 1.19. The molecule has 0 aliphatic rings. The van der Waals surface area contributed by atoms with Crippen LogP contribution < -0.4 is 0 Å². The van der Waals surface area contributed by atoms with Crippen molar-refractivity contribution in [1.82, 2.24) is 0 Å². The van der Waals surface area contributed by atoms with Crippen LogP contribution in [0, 0.1) is 6.92 Å². The lowest BCUT2D eigenvalue weighted by atomic mass is 10.2. The van der Waals surface area contributed by atoms with Gasteiger partial charge in [0.1, 0.15) is 0 Å². The fourth-order valence-electron chi connectivity index (χ4n) is 0.875. The number of alkyl halides is 1. The molecule has 1 rings (SSSR count). The van der Waals surface area contributed by atoms with Gasteiger partial charge < -0.3 is 0 Å². The maximum Gasteiger partial charge on any atom is 0.0772 e. The minimum atomic E-state index is -0.977. The SMILES string of the molecule is Cc1ccc(S(=O)/C=C/CI)cc1. The minimum Gasteiger partial charge on any atom is -0.250 e. The number of halogens is 1. The number of hydrogen-bond donors (Lipinski definition) is 0. The van der Waals surface area contributed by atoms with E-state index in [0.29, 0.717) is 0 Å². The van der Waals surface area contributed by atoms with Crippen LogP contribution in [-0.2, 0) is 10.8 Å². The first-order valence-corrected chi connectivity index (χ1v) is 6.68. The van der Waals surface area contributed by atoms with Crippen LogP contribution in [0.4, 0.5) is 0 Å². The van der Waals surface area contributed by atoms with Crippen molar-refractivity contribution in [3.05, 3.63) is 41.3 Å². The van der Waals surface area contributed by atoms with E-state index in [2.05, 4.69) is 22.6 Å². The first-order valence-electron chi connectivity index (χ1n) is 3.94. The molecule has 0 saturated carbocycles. The molecule has 13 heavy (non-hydrogen) atoms. The predicted octanol–water partition coefficient (Wildman–Crippen LogP) is 3.05. The summed E-state index contributed by atoms with van der Waals surface area (Å²) in [5, 5.41) is 1.73. The highest BCUT2D eigenvalue weighted by molar-refractivity contribution is 14.1. The highest BCUT2D eigenvalue weighted by Gasteiger charge is 1.97. The van der Waals surface area contributed by atoms with Crippen molar-refractivity contribution in [3.63, 3.8) is 0 Å². The zero-order chi connectivity index (χ0) is 9.68. The molecule has 1 nitrogen and oxygen atoms in total. The van der Waals surface area contributed by atoms with Gasteiger partial charge >= 0.3 is 0 Å².